The number of ether oxygens (including phenoxy) is 3. The molecule has 1 fully saturated rings. The Balaban J connectivity index is 0.00000170. The van der Waals surface area contributed by atoms with E-state index in [0.717, 1.165) is 0 Å². The van der Waals surface area contributed by atoms with Crippen LogP contribution in [0.4, 0.5) is 0 Å². The van der Waals surface area contributed by atoms with Crippen LogP contribution in [0, 0.1) is 17.8 Å². The molecular weight excluding hydrogens is 512 g/mol. The lowest BCUT2D eigenvalue weighted by molar-refractivity contribution is -0.270. The van der Waals surface area contributed by atoms with Crippen LogP contribution < -0.4 is 10.4 Å². The summed E-state index contributed by atoms with van der Waals surface area (Å²) in [6, 6.07) is 21.3. The van der Waals surface area contributed by atoms with Crippen LogP contribution in [0.15, 0.2) is 60.7 Å². The minimum Gasteiger partial charge on any atom is -0.463 e. The summed E-state index contributed by atoms with van der Waals surface area (Å²) in [6.45, 7) is 17.6. The number of carbonyl (C=O) groups is 1. The van der Waals surface area contributed by atoms with Crippen LogP contribution in [0.5, 0.6) is 0 Å². The van der Waals surface area contributed by atoms with E-state index in [9.17, 15) is 4.79 Å². The fraction of sp³-hybridized carbons (Fsp3) is 0.548. The van der Waals surface area contributed by atoms with Gasteiger partial charge in [-0.05, 0) is 34.2 Å². The maximum atomic E-state index is 11.4. The lowest BCUT2D eigenvalue weighted by Crippen LogP contribution is -2.67. The minimum atomic E-state index is -2.64. The van der Waals surface area contributed by atoms with Gasteiger partial charge in [0.2, 0.25) is 0 Å². The van der Waals surface area contributed by atoms with Crippen molar-refractivity contribution in [1.82, 2.24) is 0 Å². The maximum Gasteiger partial charge on any atom is 0.373 e. The van der Waals surface area contributed by atoms with Crippen molar-refractivity contribution in [2.45, 2.75) is 78.9 Å². The molecule has 0 aliphatic carbocycles. The average Bonchev–Trinajstić information content (AvgIpc) is 2.89. The van der Waals surface area contributed by atoms with Gasteiger partial charge in [0.05, 0.1) is 18.8 Å². The van der Waals surface area contributed by atoms with Gasteiger partial charge in [-0.1, -0.05) is 102 Å². The van der Waals surface area contributed by atoms with E-state index in [2.05, 4.69) is 109 Å². The fourth-order valence-corrected chi connectivity index (χ4v) is 9.94. The Morgan fingerprint density at radius 1 is 0.923 bits per heavy atom. The van der Waals surface area contributed by atoms with E-state index in [4.69, 9.17) is 28.2 Å². The highest BCUT2D eigenvalue weighted by molar-refractivity contribution is 6.99. The van der Waals surface area contributed by atoms with Crippen LogP contribution in [0.25, 0.3) is 0 Å². The molecule has 1 aliphatic rings. The van der Waals surface area contributed by atoms with Crippen LogP contribution >= 0.6 is 0 Å². The van der Waals surface area contributed by atoms with Crippen molar-refractivity contribution in [2.24, 2.45) is 17.8 Å². The van der Waals surface area contributed by atoms with Crippen molar-refractivity contribution >= 4 is 30.8 Å². The summed E-state index contributed by atoms with van der Waals surface area (Å²) in [5.74, 6) is 0.558. The zero-order valence-electron chi connectivity index (χ0n) is 24.5. The van der Waals surface area contributed by atoms with Gasteiger partial charge in [0, 0.05) is 12.8 Å². The summed E-state index contributed by atoms with van der Waals surface area (Å²) in [6.07, 6.45) is -0.488. The molecule has 0 bridgehead atoms. The second-order valence-corrected chi connectivity index (χ2v) is 15.7. The van der Waals surface area contributed by atoms with Crippen LogP contribution in [-0.2, 0) is 33.0 Å². The highest BCUT2D eigenvalue weighted by Gasteiger charge is 2.50. The third kappa shape index (κ3) is 8.19. The predicted molar refractivity (Wildman–Crippen MR) is 152 cm³/mol. The van der Waals surface area contributed by atoms with E-state index in [1.165, 1.54) is 17.3 Å². The molecule has 0 spiro atoms. The van der Waals surface area contributed by atoms with Crippen LogP contribution in [0.3, 0.4) is 0 Å². The van der Waals surface area contributed by atoms with Crippen molar-refractivity contribution in [2.75, 3.05) is 13.2 Å². The smallest absolute Gasteiger partial charge is 0.373 e. The molecule has 7 nitrogen and oxygen atoms in total. The molecule has 0 N–H and O–H groups in total. The SMILES string of the molecule is CC(=O)OCC1O[C@H](O[C@H](C)CO[Si](c2ccccc2)(c2ccccc2)C(C)(C)C)C(C)[C@@H](C)[C@@H]1C.O=C=O. The molecule has 8 heteroatoms. The van der Waals surface area contributed by atoms with Crippen molar-refractivity contribution in [1.29, 1.82) is 0 Å². The lowest BCUT2D eigenvalue weighted by atomic mass is 9.79. The van der Waals surface area contributed by atoms with Gasteiger partial charge >= 0.3 is 12.1 Å². The molecule has 2 aromatic rings. The Morgan fingerprint density at radius 3 is 1.85 bits per heavy atom. The summed E-state index contributed by atoms with van der Waals surface area (Å²) >= 11 is 0. The number of hydrogen-bond acceptors (Lipinski definition) is 7. The molecule has 2 unspecified atom stereocenters. The van der Waals surface area contributed by atoms with E-state index in [1.807, 2.05) is 0 Å². The number of carbonyl (C=O) groups excluding carboxylic acids is 3. The summed E-state index contributed by atoms with van der Waals surface area (Å²) in [5.41, 5.74) is 0. The zero-order chi connectivity index (χ0) is 29.2. The molecule has 0 amide bonds. The molecule has 39 heavy (non-hydrogen) atoms. The summed E-state index contributed by atoms with van der Waals surface area (Å²) < 4.78 is 25.1. The van der Waals surface area contributed by atoms with Crippen molar-refractivity contribution in [3.63, 3.8) is 0 Å². The van der Waals surface area contributed by atoms with Crippen LogP contribution in [0.2, 0.25) is 5.04 Å². The van der Waals surface area contributed by atoms with Crippen molar-refractivity contribution < 1.29 is 33.0 Å². The quantitative estimate of drug-likeness (QED) is 0.330. The predicted octanol–water partition coefficient (Wildman–Crippen LogP) is 4.58. The molecule has 3 rings (SSSR count). The van der Waals surface area contributed by atoms with Gasteiger partial charge in [-0.3, -0.25) is 4.79 Å². The molecule has 0 saturated carbocycles. The van der Waals surface area contributed by atoms with Gasteiger partial charge in [-0.15, -0.1) is 0 Å². The molecule has 0 radical (unpaired) electrons. The first-order valence-electron chi connectivity index (χ1n) is 13.6. The molecule has 0 aromatic heterocycles. The third-order valence-electron chi connectivity index (χ3n) is 7.75. The molecule has 1 aliphatic heterocycles. The second kappa shape index (κ2) is 14.7. The van der Waals surface area contributed by atoms with E-state index in [1.54, 1.807) is 0 Å². The molecule has 1 heterocycles. The Kier molecular flexibility index (Phi) is 12.3. The monoisotopic (exact) mass is 556 g/mol. The first-order valence-corrected chi connectivity index (χ1v) is 15.5. The Labute approximate surface area is 234 Å². The lowest BCUT2D eigenvalue weighted by Gasteiger charge is -2.45. The standard InChI is InChI=1S/C30H44O5Si.CO2/c1-21(34-29-24(4)22(2)23(3)28(35-29)20-32-25(5)31)19-33-36(30(6,7)8,26-15-11-9-12-16-26)27-17-13-10-14-18-27;2-1-3/h9-18,21-24,28-29H,19-20H2,1-8H3;/t21-,22+,23+,24?,28?,29+;/m1./s1. The summed E-state index contributed by atoms with van der Waals surface area (Å²) in [5, 5.41) is 2.41. The maximum absolute atomic E-state index is 11.4. The van der Waals surface area contributed by atoms with Crippen molar-refractivity contribution in [3.05, 3.63) is 60.7 Å². The fourth-order valence-electron chi connectivity index (χ4n) is 5.30. The molecule has 214 valence electrons. The normalized spacial score (nSPS) is 24.1. The number of hydrogen-bond donors (Lipinski definition) is 0. The highest BCUT2D eigenvalue weighted by Crippen LogP contribution is 2.38. The van der Waals surface area contributed by atoms with E-state index in [0.29, 0.717) is 12.5 Å². The second-order valence-electron chi connectivity index (χ2n) is 11.4. The summed E-state index contributed by atoms with van der Waals surface area (Å²) in [7, 11) is -2.64. The Hall–Kier alpha value is -2.61. The van der Waals surface area contributed by atoms with Gasteiger partial charge in [0.1, 0.15) is 6.61 Å². The van der Waals surface area contributed by atoms with E-state index < -0.39 is 8.32 Å². The molecule has 1 saturated heterocycles. The molecular formula is C31H44O7Si. The van der Waals surface area contributed by atoms with Crippen LogP contribution in [0.1, 0.15) is 55.4 Å². The van der Waals surface area contributed by atoms with Gasteiger partial charge in [-0.2, -0.15) is 9.59 Å². The summed E-state index contributed by atoms with van der Waals surface area (Å²) in [4.78, 5) is 27.6. The third-order valence-corrected chi connectivity index (χ3v) is 12.8. The van der Waals surface area contributed by atoms with Gasteiger partial charge in [-0.25, -0.2) is 0 Å². The first kappa shape index (κ1) is 32.6. The first-order chi connectivity index (χ1) is 18.4. The minimum absolute atomic E-state index is 0.0941. The molecule has 6 atom stereocenters. The van der Waals surface area contributed by atoms with Gasteiger partial charge in [0.25, 0.3) is 8.32 Å². The van der Waals surface area contributed by atoms with E-state index in [-0.39, 0.29) is 54.1 Å². The topological polar surface area (TPSA) is 88.1 Å². The number of rotatable bonds is 9. The number of esters is 1. The molecule has 2 aromatic carbocycles. The van der Waals surface area contributed by atoms with Crippen LogP contribution in [-0.4, -0.2) is 52.1 Å². The highest BCUT2D eigenvalue weighted by atomic mass is 28.4. The Bertz CT molecular complexity index is 1010. The Morgan fingerprint density at radius 2 is 1.41 bits per heavy atom. The average molecular weight is 557 g/mol. The van der Waals surface area contributed by atoms with Gasteiger partial charge in [0.15, 0.2) is 6.29 Å². The van der Waals surface area contributed by atoms with Crippen molar-refractivity contribution in [3.8, 4) is 0 Å². The van der Waals surface area contributed by atoms with E-state index >= 15 is 0 Å². The van der Waals surface area contributed by atoms with Gasteiger partial charge < -0.3 is 18.6 Å². The largest absolute Gasteiger partial charge is 0.463 e. The zero-order valence-corrected chi connectivity index (χ0v) is 25.5. The number of benzene rings is 2.